The molecule has 0 spiro atoms. The summed E-state index contributed by atoms with van der Waals surface area (Å²) in [7, 11) is 1.82. The first-order valence-electron chi connectivity index (χ1n) is 6.95. The van der Waals surface area contributed by atoms with Gasteiger partial charge in [0.2, 0.25) is 0 Å². The SMILES string of the molecule is C[C@H](c1nc2ccccc2s1)N(C)C(=O)c1ccccc1Br. The number of hydrogen-bond acceptors (Lipinski definition) is 3. The Labute approximate surface area is 141 Å². The fraction of sp³-hybridized carbons (Fsp3) is 0.176. The average Bonchev–Trinajstić information content (AvgIpc) is 2.97. The van der Waals surface area contributed by atoms with Crippen LogP contribution in [0.2, 0.25) is 0 Å². The second kappa shape index (κ2) is 6.18. The van der Waals surface area contributed by atoms with Crippen LogP contribution in [-0.2, 0) is 0 Å². The molecule has 2 aromatic carbocycles. The van der Waals surface area contributed by atoms with Crippen molar-refractivity contribution in [3.05, 3.63) is 63.6 Å². The second-order valence-corrected chi connectivity index (χ2v) is 7.01. The highest BCUT2D eigenvalue weighted by atomic mass is 79.9. The fourth-order valence-corrected chi connectivity index (χ4v) is 3.75. The van der Waals surface area contributed by atoms with Gasteiger partial charge in [0, 0.05) is 11.5 Å². The molecule has 112 valence electrons. The third kappa shape index (κ3) is 2.78. The second-order valence-electron chi connectivity index (χ2n) is 5.09. The Hall–Kier alpha value is -1.72. The lowest BCUT2D eigenvalue weighted by Gasteiger charge is -2.23. The molecule has 0 aliphatic rings. The smallest absolute Gasteiger partial charge is 0.255 e. The van der Waals surface area contributed by atoms with Crippen LogP contribution in [0, 0.1) is 0 Å². The van der Waals surface area contributed by atoms with Crippen LogP contribution in [-0.4, -0.2) is 22.8 Å². The molecule has 1 heterocycles. The number of hydrogen-bond donors (Lipinski definition) is 0. The molecule has 0 unspecified atom stereocenters. The normalized spacial score (nSPS) is 12.3. The van der Waals surface area contributed by atoms with Crippen molar-refractivity contribution in [2.24, 2.45) is 0 Å². The van der Waals surface area contributed by atoms with Gasteiger partial charge in [0.1, 0.15) is 5.01 Å². The number of rotatable bonds is 3. The number of carbonyl (C=O) groups excluding carboxylic acids is 1. The maximum Gasteiger partial charge on any atom is 0.255 e. The van der Waals surface area contributed by atoms with Crippen LogP contribution >= 0.6 is 27.3 Å². The van der Waals surface area contributed by atoms with Crippen molar-refractivity contribution in [2.45, 2.75) is 13.0 Å². The molecule has 3 aromatic rings. The summed E-state index contributed by atoms with van der Waals surface area (Å²) in [6.07, 6.45) is 0. The van der Waals surface area contributed by atoms with E-state index in [-0.39, 0.29) is 11.9 Å². The Morgan fingerprint density at radius 2 is 1.86 bits per heavy atom. The molecule has 0 N–H and O–H groups in total. The molecule has 0 radical (unpaired) electrons. The van der Waals surface area contributed by atoms with Gasteiger partial charge in [-0.3, -0.25) is 4.79 Å². The van der Waals surface area contributed by atoms with E-state index in [0.717, 1.165) is 19.7 Å². The summed E-state index contributed by atoms with van der Waals surface area (Å²) in [5.41, 5.74) is 1.65. The molecule has 1 atom stereocenters. The number of halogens is 1. The van der Waals surface area contributed by atoms with Gasteiger partial charge >= 0.3 is 0 Å². The van der Waals surface area contributed by atoms with E-state index in [0.29, 0.717) is 5.56 Å². The minimum Gasteiger partial charge on any atom is -0.332 e. The number of nitrogens with zero attached hydrogens (tertiary/aromatic N) is 2. The number of carbonyl (C=O) groups is 1. The molecule has 0 bridgehead atoms. The maximum atomic E-state index is 12.7. The average molecular weight is 375 g/mol. The van der Waals surface area contributed by atoms with Crippen molar-refractivity contribution in [2.75, 3.05) is 7.05 Å². The lowest BCUT2D eigenvalue weighted by Crippen LogP contribution is -2.29. The number of thiazole rings is 1. The monoisotopic (exact) mass is 374 g/mol. The lowest BCUT2D eigenvalue weighted by molar-refractivity contribution is 0.0741. The highest BCUT2D eigenvalue weighted by Crippen LogP contribution is 2.30. The quantitative estimate of drug-likeness (QED) is 0.653. The Morgan fingerprint density at radius 1 is 1.18 bits per heavy atom. The topological polar surface area (TPSA) is 33.2 Å². The van der Waals surface area contributed by atoms with Gasteiger partial charge in [-0.2, -0.15) is 0 Å². The standard InChI is InChI=1S/C17H15BrN2OS/c1-11(16-19-14-9-5-6-10-15(14)22-16)20(2)17(21)12-7-3-4-8-13(12)18/h3-11H,1-2H3/t11-/m1/s1. The summed E-state index contributed by atoms with van der Waals surface area (Å²) in [5.74, 6) is -0.0146. The predicted molar refractivity (Wildman–Crippen MR) is 94.3 cm³/mol. The molecule has 1 aromatic heterocycles. The van der Waals surface area contributed by atoms with E-state index < -0.39 is 0 Å². The van der Waals surface area contributed by atoms with Crippen LogP contribution in [0.25, 0.3) is 10.2 Å². The maximum absolute atomic E-state index is 12.7. The fourth-order valence-electron chi connectivity index (χ4n) is 2.23. The zero-order valence-corrected chi connectivity index (χ0v) is 14.7. The Balaban J connectivity index is 1.89. The zero-order chi connectivity index (χ0) is 15.7. The van der Waals surface area contributed by atoms with Crippen molar-refractivity contribution >= 4 is 43.4 Å². The molecule has 5 heteroatoms. The van der Waals surface area contributed by atoms with E-state index in [1.54, 1.807) is 16.2 Å². The first-order valence-corrected chi connectivity index (χ1v) is 8.56. The molecule has 0 fully saturated rings. The molecule has 1 amide bonds. The number of benzene rings is 2. The number of para-hydroxylation sites is 1. The molecule has 0 aliphatic heterocycles. The molecule has 0 saturated heterocycles. The summed E-state index contributed by atoms with van der Waals surface area (Å²) in [6.45, 7) is 2.01. The molecule has 0 saturated carbocycles. The Morgan fingerprint density at radius 3 is 2.59 bits per heavy atom. The highest BCUT2D eigenvalue weighted by Gasteiger charge is 2.22. The molecule has 3 nitrogen and oxygen atoms in total. The van der Waals surface area contributed by atoms with Crippen LogP contribution < -0.4 is 0 Å². The molecular weight excluding hydrogens is 360 g/mol. The summed E-state index contributed by atoms with van der Waals surface area (Å²) in [6, 6.07) is 15.4. The zero-order valence-electron chi connectivity index (χ0n) is 12.3. The molecule has 22 heavy (non-hydrogen) atoms. The van der Waals surface area contributed by atoms with Crippen molar-refractivity contribution < 1.29 is 4.79 Å². The van der Waals surface area contributed by atoms with Crippen LogP contribution in [0.4, 0.5) is 0 Å². The van der Waals surface area contributed by atoms with E-state index >= 15 is 0 Å². The van der Waals surface area contributed by atoms with E-state index in [4.69, 9.17) is 0 Å². The van der Waals surface area contributed by atoms with Gasteiger partial charge in [-0.05, 0) is 47.1 Å². The minimum absolute atomic E-state index is 0.0146. The van der Waals surface area contributed by atoms with Crippen LogP contribution in [0.1, 0.15) is 28.3 Å². The number of aromatic nitrogens is 1. The summed E-state index contributed by atoms with van der Waals surface area (Å²) < 4.78 is 1.95. The van der Waals surface area contributed by atoms with Crippen LogP contribution in [0.15, 0.2) is 53.0 Å². The van der Waals surface area contributed by atoms with Crippen LogP contribution in [0.5, 0.6) is 0 Å². The van der Waals surface area contributed by atoms with Crippen molar-refractivity contribution in [1.29, 1.82) is 0 Å². The van der Waals surface area contributed by atoms with Gasteiger partial charge < -0.3 is 4.90 Å². The van der Waals surface area contributed by atoms with Gasteiger partial charge in [0.05, 0.1) is 21.8 Å². The van der Waals surface area contributed by atoms with Crippen LogP contribution in [0.3, 0.4) is 0 Å². The number of fused-ring (bicyclic) bond motifs is 1. The summed E-state index contributed by atoms with van der Waals surface area (Å²) in [5, 5.41) is 0.948. The summed E-state index contributed by atoms with van der Waals surface area (Å²) >= 11 is 5.07. The van der Waals surface area contributed by atoms with E-state index in [2.05, 4.69) is 27.0 Å². The Bertz CT molecular complexity index is 797. The van der Waals surface area contributed by atoms with Gasteiger partial charge in [-0.15, -0.1) is 11.3 Å². The minimum atomic E-state index is -0.0722. The Kier molecular flexibility index (Phi) is 4.27. The van der Waals surface area contributed by atoms with Crippen molar-refractivity contribution in [3.8, 4) is 0 Å². The first-order chi connectivity index (χ1) is 10.6. The summed E-state index contributed by atoms with van der Waals surface area (Å²) in [4.78, 5) is 19.0. The third-order valence-electron chi connectivity index (χ3n) is 3.67. The van der Waals surface area contributed by atoms with Gasteiger partial charge in [0.25, 0.3) is 5.91 Å². The van der Waals surface area contributed by atoms with Crippen molar-refractivity contribution in [3.63, 3.8) is 0 Å². The number of amides is 1. The molecule has 0 aliphatic carbocycles. The molecule has 3 rings (SSSR count). The van der Waals surface area contributed by atoms with E-state index in [1.165, 1.54) is 0 Å². The third-order valence-corrected chi connectivity index (χ3v) is 5.57. The highest BCUT2D eigenvalue weighted by molar-refractivity contribution is 9.10. The largest absolute Gasteiger partial charge is 0.332 e. The first kappa shape index (κ1) is 15.2. The van der Waals surface area contributed by atoms with Crippen molar-refractivity contribution in [1.82, 2.24) is 9.88 Å². The lowest BCUT2D eigenvalue weighted by atomic mass is 10.2. The predicted octanol–water partition coefficient (Wildman–Crippen LogP) is 4.89. The van der Waals surface area contributed by atoms with Gasteiger partial charge in [0.15, 0.2) is 0 Å². The van der Waals surface area contributed by atoms with Gasteiger partial charge in [-0.1, -0.05) is 24.3 Å². The van der Waals surface area contributed by atoms with Gasteiger partial charge in [-0.25, -0.2) is 4.98 Å². The van der Waals surface area contributed by atoms with E-state index in [1.807, 2.05) is 56.4 Å². The van der Waals surface area contributed by atoms with E-state index in [9.17, 15) is 4.79 Å². The molecular formula is C17H15BrN2OS.